The van der Waals surface area contributed by atoms with Crippen LogP contribution in [0.3, 0.4) is 0 Å². The molecule has 13 heteroatoms. The molecule has 2 aliphatic rings. The van der Waals surface area contributed by atoms with Crippen LogP contribution >= 0.6 is 11.6 Å². The smallest absolute Gasteiger partial charge is 0.280 e. The van der Waals surface area contributed by atoms with E-state index in [2.05, 4.69) is 21.3 Å². The third kappa shape index (κ3) is 6.39. The molecule has 0 atom stereocenters. The maximum atomic E-state index is 13.1. The zero-order valence-electron chi connectivity index (χ0n) is 20.3. The van der Waals surface area contributed by atoms with E-state index in [4.69, 9.17) is 21.1 Å². The van der Waals surface area contributed by atoms with Crippen molar-refractivity contribution in [2.24, 2.45) is 0 Å². The van der Waals surface area contributed by atoms with Gasteiger partial charge in [0.05, 0.1) is 16.6 Å². The van der Waals surface area contributed by atoms with Crippen LogP contribution in [0, 0.1) is 10.1 Å². The second-order valence-electron chi connectivity index (χ2n) is 8.69. The Bertz CT molecular complexity index is 1260. The number of piperidine rings is 1. The highest BCUT2D eigenvalue weighted by Gasteiger charge is 2.40. The van der Waals surface area contributed by atoms with Gasteiger partial charge in [0.25, 0.3) is 11.6 Å². The molecule has 2 heterocycles. The van der Waals surface area contributed by atoms with Gasteiger partial charge in [0, 0.05) is 29.8 Å². The van der Waals surface area contributed by atoms with Crippen LogP contribution in [0.5, 0.6) is 11.5 Å². The van der Waals surface area contributed by atoms with Crippen LogP contribution in [0.2, 0.25) is 5.02 Å². The molecule has 3 amide bonds. The Kier molecular flexibility index (Phi) is 8.44. The average Bonchev–Trinajstić information content (AvgIpc) is 3.37. The number of amides is 3. The van der Waals surface area contributed by atoms with Crippen molar-refractivity contribution in [1.82, 2.24) is 21.3 Å². The monoisotopic (exact) mass is 543 g/mol. The van der Waals surface area contributed by atoms with Gasteiger partial charge in [0.1, 0.15) is 5.54 Å². The molecule has 0 unspecified atom stereocenters. The van der Waals surface area contributed by atoms with Gasteiger partial charge in [0.15, 0.2) is 11.5 Å². The van der Waals surface area contributed by atoms with Gasteiger partial charge in [-0.05, 0) is 62.3 Å². The minimum Gasteiger partial charge on any atom is -0.454 e. The standard InChI is InChI=1S/C25H26ClN5O7/c26-18-4-1-16(2-5-18)23(33)28-11-12-29-24(34)25(7-9-27-10-8-25)30-22(32)6-3-17-13-20-21(38-15-37-20)14-19(17)31(35)36/h1-6,13-14,27H,7-12,15H2,(H,28,33)(H,29,34)(H,30,32)/b6-3+. The maximum Gasteiger partial charge on any atom is 0.280 e. The Hall–Kier alpha value is -4.16. The molecule has 4 rings (SSSR count). The molecule has 4 N–H and O–H groups in total. The van der Waals surface area contributed by atoms with Gasteiger partial charge in [-0.15, -0.1) is 0 Å². The number of rotatable bonds is 9. The highest BCUT2D eigenvalue weighted by Crippen LogP contribution is 2.38. The van der Waals surface area contributed by atoms with Gasteiger partial charge in [-0.1, -0.05) is 11.6 Å². The molecule has 38 heavy (non-hydrogen) atoms. The summed E-state index contributed by atoms with van der Waals surface area (Å²) in [6.45, 7) is 1.32. The normalized spacial score (nSPS) is 15.6. The number of nitrogens with zero attached hydrogens (tertiary/aromatic N) is 1. The Labute approximate surface area is 222 Å². The van der Waals surface area contributed by atoms with Crippen LogP contribution in [0.4, 0.5) is 5.69 Å². The number of carbonyl (C=O) groups excluding carboxylic acids is 3. The first-order valence-corrected chi connectivity index (χ1v) is 12.3. The van der Waals surface area contributed by atoms with Crippen molar-refractivity contribution >= 4 is 41.1 Å². The molecule has 2 aromatic carbocycles. The van der Waals surface area contributed by atoms with E-state index in [0.717, 1.165) is 6.08 Å². The summed E-state index contributed by atoms with van der Waals surface area (Å²) < 4.78 is 10.5. The van der Waals surface area contributed by atoms with Gasteiger partial charge < -0.3 is 30.7 Å². The van der Waals surface area contributed by atoms with E-state index >= 15 is 0 Å². The fourth-order valence-corrected chi connectivity index (χ4v) is 4.29. The number of nitro groups is 1. The Balaban J connectivity index is 1.36. The minimum atomic E-state index is -1.17. The number of nitrogens with one attached hydrogen (secondary N) is 4. The summed E-state index contributed by atoms with van der Waals surface area (Å²) in [5, 5.41) is 23.4. The van der Waals surface area contributed by atoms with Crippen LogP contribution < -0.4 is 30.7 Å². The lowest BCUT2D eigenvalue weighted by molar-refractivity contribution is -0.385. The van der Waals surface area contributed by atoms with E-state index < -0.39 is 16.4 Å². The Morgan fingerprint density at radius 3 is 2.39 bits per heavy atom. The molecule has 1 fully saturated rings. The number of hydrogen-bond donors (Lipinski definition) is 4. The predicted molar refractivity (Wildman–Crippen MR) is 138 cm³/mol. The first kappa shape index (κ1) is 26.9. The fourth-order valence-electron chi connectivity index (χ4n) is 4.17. The summed E-state index contributed by atoms with van der Waals surface area (Å²) in [6.07, 6.45) is 3.14. The van der Waals surface area contributed by atoms with Gasteiger partial charge >= 0.3 is 0 Å². The second kappa shape index (κ2) is 11.9. The van der Waals surface area contributed by atoms with E-state index in [9.17, 15) is 24.5 Å². The van der Waals surface area contributed by atoms with E-state index in [-0.39, 0.29) is 48.7 Å². The summed E-state index contributed by atoms with van der Waals surface area (Å²) in [7, 11) is 0. The number of hydrogen-bond acceptors (Lipinski definition) is 8. The summed E-state index contributed by atoms with van der Waals surface area (Å²) in [6, 6.07) is 9.09. The molecule has 0 spiro atoms. The van der Waals surface area contributed by atoms with Crippen molar-refractivity contribution in [1.29, 1.82) is 0 Å². The van der Waals surface area contributed by atoms with Gasteiger partial charge in [-0.2, -0.15) is 0 Å². The first-order chi connectivity index (χ1) is 18.3. The van der Waals surface area contributed by atoms with E-state index in [0.29, 0.717) is 42.3 Å². The lowest BCUT2D eigenvalue weighted by Gasteiger charge is -2.36. The molecule has 0 aliphatic carbocycles. The minimum absolute atomic E-state index is 0.0450. The van der Waals surface area contributed by atoms with Crippen LogP contribution in [-0.2, 0) is 9.59 Å². The number of ether oxygens (including phenoxy) is 2. The fraction of sp³-hybridized carbons (Fsp3) is 0.320. The quantitative estimate of drug-likeness (QED) is 0.161. The maximum absolute atomic E-state index is 13.1. The van der Waals surface area contributed by atoms with Gasteiger partial charge in [-0.25, -0.2) is 0 Å². The highest BCUT2D eigenvalue weighted by atomic mass is 35.5. The van der Waals surface area contributed by atoms with Crippen molar-refractivity contribution in [3.8, 4) is 11.5 Å². The Morgan fingerprint density at radius 1 is 1.05 bits per heavy atom. The third-order valence-electron chi connectivity index (χ3n) is 6.19. The van der Waals surface area contributed by atoms with Gasteiger partial charge in [-0.3, -0.25) is 24.5 Å². The zero-order chi connectivity index (χ0) is 27.1. The van der Waals surface area contributed by atoms with E-state index in [1.54, 1.807) is 24.3 Å². The van der Waals surface area contributed by atoms with Crippen molar-refractivity contribution in [2.75, 3.05) is 33.0 Å². The summed E-state index contributed by atoms with van der Waals surface area (Å²) in [5.41, 5.74) is -0.812. The van der Waals surface area contributed by atoms with Crippen molar-refractivity contribution < 1.29 is 28.8 Å². The van der Waals surface area contributed by atoms with Crippen LogP contribution in [0.15, 0.2) is 42.5 Å². The molecule has 12 nitrogen and oxygen atoms in total. The third-order valence-corrected chi connectivity index (χ3v) is 6.44. The zero-order valence-corrected chi connectivity index (χ0v) is 21.0. The lowest BCUT2D eigenvalue weighted by Crippen LogP contribution is -2.63. The molecule has 1 saturated heterocycles. The first-order valence-electron chi connectivity index (χ1n) is 11.9. The van der Waals surface area contributed by atoms with Crippen LogP contribution in [0.25, 0.3) is 6.08 Å². The molecular formula is C25H26ClN5O7. The molecule has 2 aliphatic heterocycles. The Morgan fingerprint density at radius 2 is 1.71 bits per heavy atom. The average molecular weight is 544 g/mol. The number of carbonyl (C=O) groups is 3. The molecule has 0 saturated carbocycles. The van der Waals surface area contributed by atoms with Crippen molar-refractivity contribution in [3.05, 3.63) is 68.7 Å². The summed E-state index contributed by atoms with van der Waals surface area (Å²) in [4.78, 5) is 49.1. The number of halogens is 1. The SMILES string of the molecule is O=C(/C=C/c1cc2c(cc1[N+](=O)[O-])OCO2)NC1(C(=O)NCCNC(=O)c2ccc(Cl)cc2)CCNCC1. The molecule has 200 valence electrons. The topological polar surface area (TPSA) is 161 Å². The summed E-state index contributed by atoms with van der Waals surface area (Å²) in [5.74, 6) is -0.662. The number of nitro benzene ring substituents is 1. The van der Waals surface area contributed by atoms with E-state index in [1.807, 2.05) is 0 Å². The largest absolute Gasteiger partial charge is 0.454 e. The lowest BCUT2D eigenvalue weighted by atomic mass is 9.87. The van der Waals surface area contributed by atoms with Crippen LogP contribution in [-0.4, -0.2) is 61.2 Å². The molecule has 0 aromatic heterocycles. The molecular weight excluding hydrogens is 518 g/mol. The second-order valence-corrected chi connectivity index (χ2v) is 9.13. The van der Waals surface area contributed by atoms with Gasteiger partial charge in [0.2, 0.25) is 18.6 Å². The molecule has 0 radical (unpaired) electrons. The summed E-state index contributed by atoms with van der Waals surface area (Å²) >= 11 is 5.84. The highest BCUT2D eigenvalue weighted by molar-refractivity contribution is 6.30. The predicted octanol–water partition coefficient (Wildman–Crippen LogP) is 1.77. The molecule has 2 aromatic rings. The molecule has 0 bridgehead atoms. The van der Waals surface area contributed by atoms with E-state index in [1.165, 1.54) is 18.2 Å². The van der Waals surface area contributed by atoms with Crippen molar-refractivity contribution in [2.45, 2.75) is 18.4 Å². The number of benzene rings is 2. The van der Waals surface area contributed by atoms with Crippen LogP contribution in [0.1, 0.15) is 28.8 Å². The number of fused-ring (bicyclic) bond motifs is 1. The van der Waals surface area contributed by atoms with Crippen molar-refractivity contribution in [3.63, 3.8) is 0 Å².